The number of hydrogen-bond acceptors (Lipinski definition) is 7. The summed E-state index contributed by atoms with van der Waals surface area (Å²) in [7, 11) is 0. The molecule has 7 heteroatoms. The maximum atomic E-state index is 12.2. The highest BCUT2D eigenvalue weighted by Crippen LogP contribution is 2.37. The molecule has 2 atom stereocenters. The SMILES string of the molecule is CCOC(=O)C(C(=O)OCC)[C@H]1C(C)=CC(=O)[C@@H]1C(=O)OCC. The molecule has 0 radical (unpaired) electrons. The van der Waals surface area contributed by atoms with Crippen LogP contribution in [0, 0.1) is 17.8 Å². The van der Waals surface area contributed by atoms with Gasteiger partial charge >= 0.3 is 17.9 Å². The van der Waals surface area contributed by atoms with E-state index in [4.69, 9.17) is 14.2 Å². The van der Waals surface area contributed by atoms with E-state index in [1.807, 2.05) is 0 Å². The van der Waals surface area contributed by atoms with Gasteiger partial charge in [0, 0.05) is 5.92 Å². The van der Waals surface area contributed by atoms with Crippen molar-refractivity contribution in [2.75, 3.05) is 19.8 Å². The van der Waals surface area contributed by atoms with Gasteiger partial charge in [-0.3, -0.25) is 19.2 Å². The van der Waals surface area contributed by atoms with Crippen molar-refractivity contribution in [3.8, 4) is 0 Å². The number of carbonyl (C=O) groups is 4. The monoisotopic (exact) mass is 326 g/mol. The molecule has 128 valence electrons. The molecule has 0 unspecified atom stereocenters. The van der Waals surface area contributed by atoms with Gasteiger partial charge in [0.15, 0.2) is 11.7 Å². The fraction of sp³-hybridized carbons (Fsp3) is 0.625. The van der Waals surface area contributed by atoms with Gasteiger partial charge in [-0.05, 0) is 33.8 Å². The minimum atomic E-state index is -1.37. The summed E-state index contributed by atoms with van der Waals surface area (Å²) in [6.07, 6.45) is 1.26. The average molecular weight is 326 g/mol. The molecule has 23 heavy (non-hydrogen) atoms. The molecule has 0 aromatic carbocycles. The van der Waals surface area contributed by atoms with Gasteiger partial charge in [-0.25, -0.2) is 0 Å². The first kappa shape index (κ1) is 18.9. The zero-order chi connectivity index (χ0) is 17.6. The lowest BCUT2D eigenvalue weighted by Crippen LogP contribution is -2.41. The number of allylic oxidation sites excluding steroid dienone is 2. The average Bonchev–Trinajstić information content (AvgIpc) is 2.75. The van der Waals surface area contributed by atoms with Crippen LogP contribution in [0.5, 0.6) is 0 Å². The third-order valence-corrected chi connectivity index (χ3v) is 3.54. The van der Waals surface area contributed by atoms with E-state index >= 15 is 0 Å². The fourth-order valence-corrected chi connectivity index (χ4v) is 2.65. The van der Waals surface area contributed by atoms with Crippen molar-refractivity contribution < 1.29 is 33.4 Å². The summed E-state index contributed by atoms with van der Waals surface area (Å²) < 4.78 is 14.8. The second kappa shape index (κ2) is 8.45. The summed E-state index contributed by atoms with van der Waals surface area (Å²) >= 11 is 0. The van der Waals surface area contributed by atoms with Crippen molar-refractivity contribution in [2.24, 2.45) is 17.8 Å². The van der Waals surface area contributed by atoms with Crippen LogP contribution in [0.2, 0.25) is 0 Å². The van der Waals surface area contributed by atoms with Gasteiger partial charge in [0.1, 0.15) is 5.92 Å². The third-order valence-electron chi connectivity index (χ3n) is 3.54. The quantitative estimate of drug-likeness (QED) is 0.392. The Bertz CT molecular complexity index is 503. The van der Waals surface area contributed by atoms with Crippen LogP contribution in [-0.4, -0.2) is 43.5 Å². The van der Waals surface area contributed by atoms with Crippen molar-refractivity contribution in [1.82, 2.24) is 0 Å². The first-order valence-corrected chi connectivity index (χ1v) is 7.60. The molecule has 1 rings (SSSR count). The van der Waals surface area contributed by atoms with E-state index in [-0.39, 0.29) is 19.8 Å². The molecule has 1 aliphatic rings. The standard InChI is InChI=1S/C16H22O7/c1-5-21-14(18)12-10(17)8-9(4)11(12)13(15(19)22-6-2)16(20)23-7-3/h8,11-13H,5-7H2,1-4H3/t11-,12-/m0/s1. The van der Waals surface area contributed by atoms with Gasteiger partial charge in [0.2, 0.25) is 0 Å². The fourth-order valence-electron chi connectivity index (χ4n) is 2.65. The highest BCUT2D eigenvalue weighted by molar-refractivity contribution is 6.10. The molecular weight excluding hydrogens is 304 g/mol. The molecule has 0 aromatic heterocycles. The molecule has 0 saturated heterocycles. The second-order valence-electron chi connectivity index (χ2n) is 5.03. The number of ketones is 1. The second-order valence-corrected chi connectivity index (χ2v) is 5.03. The van der Waals surface area contributed by atoms with Gasteiger partial charge in [0.25, 0.3) is 0 Å². The molecule has 0 spiro atoms. The zero-order valence-corrected chi connectivity index (χ0v) is 13.8. The highest BCUT2D eigenvalue weighted by Gasteiger charge is 2.51. The zero-order valence-electron chi connectivity index (χ0n) is 13.8. The van der Waals surface area contributed by atoms with Gasteiger partial charge in [-0.15, -0.1) is 0 Å². The van der Waals surface area contributed by atoms with Crippen molar-refractivity contribution in [3.05, 3.63) is 11.6 Å². The lowest BCUT2D eigenvalue weighted by atomic mass is 9.80. The van der Waals surface area contributed by atoms with E-state index in [0.717, 1.165) is 0 Å². The van der Waals surface area contributed by atoms with Gasteiger partial charge in [0.05, 0.1) is 19.8 Å². The molecule has 0 heterocycles. The number of esters is 3. The molecule has 0 N–H and O–H groups in total. The Morgan fingerprint density at radius 3 is 1.91 bits per heavy atom. The molecule has 0 saturated carbocycles. The summed E-state index contributed by atoms with van der Waals surface area (Å²) in [4.78, 5) is 48.6. The van der Waals surface area contributed by atoms with Crippen molar-refractivity contribution in [3.63, 3.8) is 0 Å². The Morgan fingerprint density at radius 1 is 1.00 bits per heavy atom. The smallest absolute Gasteiger partial charge is 0.320 e. The first-order chi connectivity index (χ1) is 10.9. The summed E-state index contributed by atoms with van der Waals surface area (Å²) in [6, 6.07) is 0. The number of hydrogen-bond donors (Lipinski definition) is 0. The van der Waals surface area contributed by atoms with E-state index in [0.29, 0.717) is 5.57 Å². The molecular formula is C16H22O7. The van der Waals surface area contributed by atoms with E-state index in [9.17, 15) is 19.2 Å². The van der Waals surface area contributed by atoms with E-state index < -0.39 is 41.4 Å². The Hall–Kier alpha value is -2.18. The third kappa shape index (κ3) is 4.18. The van der Waals surface area contributed by atoms with Gasteiger partial charge < -0.3 is 14.2 Å². The normalized spacial score (nSPS) is 20.2. The van der Waals surface area contributed by atoms with Crippen LogP contribution in [0.15, 0.2) is 11.6 Å². The summed E-state index contributed by atoms with van der Waals surface area (Å²) in [6.45, 7) is 6.65. The molecule has 0 aliphatic heterocycles. The van der Waals surface area contributed by atoms with E-state index in [2.05, 4.69) is 0 Å². The lowest BCUT2D eigenvalue weighted by molar-refractivity contribution is -0.166. The van der Waals surface area contributed by atoms with E-state index in [1.165, 1.54) is 6.08 Å². The van der Waals surface area contributed by atoms with Crippen molar-refractivity contribution >= 4 is 23.7 Å². The molecule has 0 aromatic rings. The van der Waals surface area contributed by atoms with Crippen molar-refractivity contribution in [2.45, 2.75) is 27.7 Å². The first-order valence-electron chi connectivity index (χ1n) is 7.60. The Morgan fingerprint density at radius 2 is 1.48 bits per heavy atom. The number of rotatable bonds is 7. The molecule has 0 amide bonds. The maximum Gasteiger partial charge on any atom is 0.320 e. The molecule has 0 bridgehead atoms. The minimum absolute atomic E-state index is 0.0717. The lowest BCUT2D eigenvalue weighted by Gasteiger charge is -2.25. The summed E-state index contributed by atoms with van der Waals surface area (Å²) in [5.41, 5.74) is 0.458. The Balaban J connectivity index is 3.21. The van der Waals surface area contributed by atoms with Crippen LogP contribution in [-0.2, 0) is 33.4 Å². The molecule has 7 nitrogen and oxygen atoms in total. The predicted octanol–water partition coefficient (Wildman–Crippen LogP) is 1.05. The van der Waals surface area contributed by atoms with Gasteiger partial charge in [-0.2, -0.15) is 0 Å². The van der Waals surface area contributed by atoms with Crippen molar-refractivity contribution in [1.29, 1.82) is 0 Å². The van der Waals surface area contributed by atoms with Crippen LogP contribution < -0.4 is 0 Å². The number of ether oxygens (including phenoxy) is 3. The Labute approximate surface area is 135 Å². The summed E-state index contributed by atoms with van der Waals surface area (Å²) in [5.74, 6) is -6.40. The molecule has 0 fully saturated rings. The van der Waals surface area contributed by atoms with Crippen LogP contribution in [0.1, 0.15) is 27.7 Å². The maximum absolute atomic E-state index is 12.2. The van der Waals surface area contributed by atoms with Crippen LogP contribution in [0.4, 0.5) is 0 Å². The topological polar surface area (TPSA) is 96.0 Å². The van der Waals surface area contributed by atoms with Crippen LogP contribution in [0.3, 0.4) is 0 Å². The Kier molecular flexibility index (Phi) is 6.93. The largest absolute Gasteiger partial charge is 0.465 e. The summed E-state index contributed by atoms with van der Waals surface area (Å²) in [5, 5.41) is 0. The van der Waals surface area contributed by atoms with Gasteiger partial charge in [-0.1, -0.05) is 5.57 Å². The van der Waals surface area contributed by atoms with Crippen LogP contribution >= 0.6 is 0 Å². The highest BCUT2D eigenvalue weighted by atomic mass is 16.6. The van der Waals surface area contributed by atoms with Crippen LogP contribution in [0.25, 0.3) is 0 Å². The predicted molar refractivity (Wildman–Crippen MR) is 79.1 cm³/mol. The number of carbonyl (C=O) groups excluding carboxylic acids is 4. The molecule has 1 aliphatic carbocycles. The minimum Gasteiger partial charge on any atom is -0.465 e. The van der Waals surface area contributed by atoms with E-state index in [1.54, 1.807) is 27.7 Å².